The lowest BCUT2D eigenvalue weighted by atomic mass is 10.2. The lowest BCUT2D eigenvalue weighted by Crippen LogP contribution is -2.23. The van der Waals surface area contributed by atoms with Gasteiger partial charge < -0.3 is 14.6 Å². The Bertz CT molecular complexity index is 821. The van der Waals surface area contributed by atoms with Crippen molar-refractivity contribution in [2.45, 2.75) is 13.0 Å². The molecule has 0 aromatic heterocycles. The SMILES string of the molecule is COc1cc(/C=N\NC(=O)c2ccc(F)cc2)ccc1O[C@H](C)C(=O)O. The fourth-order valence-corrected chi connectivity index (χ4v) is 1.93. The summed E-state index contributed by atoms with van der Waals surface area (Å²) >= 11 is 0. The Morgan fingerprint density at radius 2 is 1.88 bits per heavy atom. The molecule has 0 spiro atoms. The zero-order chi connectivity index (χ0) is 19.1. The van der Waals surface area contributed by atoms with Crippen molar-refractivity contribution in [1.29, 1.82) is 0 Å². The van der Waals surface area contributed by atoms with Gasteiger partial charge in [-0.05, 0) is 55.0 Å². The number of carboxylic acid groups (broad SMARTS) is 1. The minimum Gasteiger partial charge on any atom is -0.493 e. The van der Waals surface area contributed by atoms with Crippen LogP contribution in [0.3, 0.4) is 0 Å². The summed E-state index contributed by atoms with van der Waals surface area (Å²) in [4.78, 5) is 22.7. The van der Waals surface area contributed by atoms with Crippen molar-refractivity contribution >= 4 is 18.1 Å². The minimum absolute atomic E-state index is 0.271. The fraction of sp³-hybridized carbons (Fsp3) is 0.167. The van der Waals surface area contributed by atoms with E-state index < -0.39 is 23.8 Å². The number of carbonyl (C=O) groups excluding carboxylic acids is 1. The summed E-state index contributed by atoms with van der Waals surface area (Å²) in [6.07, 6.45) is 0.354. The predicted molar refractivity (Wildman–Crippen MR) is 92.2 cm³/mol. The van der Waals surface area contributed by atoms with Gasteiger partial charge in [0.05, 0.1) is 13.3 Å². The van der Waals surface area contributed by atoms with E-state index in [1.54, 1.807) is 18.2 Å². The smallest absolute Gasteiger partial charge is 0.344 e. The number of benzene rings is 2. The van der Waals surface area contributed by atoms with Crippen molar-refractivity contribution in [2.75, 3.05) is 7.11 Å². The Morgan fingerprint density at radius 1 is 1.19 bits per heavy atom. The zero-order valence-corrected chi connectivity index (χ0v) is 14.1. The van der Waals surface area contributed by atoms with Gasteiger partial charge in [-0.25, -0.2) is 14.6 Å². The van der Waals surface area contributed by atoms with Crippen LogP contribution in [-0.4, -0.2) is 36.4 Å². The Kier molecular flexibility index (Phi) is 6.26. The number of rotatable bonds is 7. The lowest BCUT2D eigenvalue weighted by Gasteiger charge is -2.13. The van der Waals surface area contributed by atoms with Gasteiger partial charge >= 0.3 is 5.97 Å². The first-order chi connectivity index (χ1) is 12.4. The molecular weight excluding hydrogens is 343 g/mol. The number of nitrogens with zero attached hydrogens (tertiary/aromatic N) is 1. The summed E-state index contributed by atoms with van der Waals surface area (Å²) in [7, 11) is 1.42. The van der Waals surface area contributed by atoms with Crippen LogP contribution in [0.25, 0.3) is 0 Å². The van der Waals surface area contributed by atoms with Crippen LogP contribution in [0.4, 0.5) is 4.39 Å². The third-order valence-electron chi connectivity index (χ3n) is 3.33. The van der Waals surface area contributed by atoms with Crippen molar-refractivity contribution in [2.24, 2.45) is 5.10 Å². The maximum Gasteiger partial charge on any atom is 0.344 e. The number of halogens is 1. The molecule has 0 fully saturated rings. The first kappa shape index (κ1) is 18.9. The topological polar surface area (TPSA) is 97.2 Å². The molecule has 2 rings (SSSR count). The van der Waals surface area contributed by atoms with Crippen molar-refractivity contribution in [3.63, 3.8) is 0 Å². The van der Waals surface area contributed by atoms with Gasteiger partial charge in [0.2, 0.25) is 0 Å². The highest BCUT2D eigenvalue weighted by atomic mass is 19.1. The van der Waals surface area contributed by atoms with Crippen LogP contribution in [0.5, 0.6) is 11.5 Å². The van der Waals surface area contributed by atoms with Crippen molar-refractivity contribution in [1.82, 2.24) is 5.43 Å². The van der Waals surface area contributed by atoms with Gasteiger partial charge in [0, 0.05) is 5.56 Å². The van der Waals surface area contributed by atoms with Crippen LogP contribution in [0.1, 0.15) is 22.8 Å². The number of ether oxygens (including phenoxy) is 2. The third-order valence-corrected chi connectivity index (χ3v) is 3.33. The molecule has 8 heteroatoms. The summed E-state index contributed by atoms with van der Waals surface area (Å²) in [6.45, 7) is 1.40. The second kappa shape index (κ2) is 8.61. The first-order valence-corrected chi connectivity index (χ1v) is 7.57. The minimum atomic E-state index is -1.10. The second-order valence-corrected chi connectivity index (χ2v) is 5.21. The number of aliphatic carboxylic acids is 1. The van der Waals surface area contributed by atoms with Crippen molar-refractivity contribution in [3.8, 4) is 11.5 Å². The average molecular weight is 360 g/mol. The number of hydrazone groups is 1. The zero-order valence-electron chi connectivity index (χ0n) is 14.1. The molecule has 2 aromatic rings. The standard InChI is InChI=1S/C18H17FN2O5/c1-11(18(23)24)26-15-8-3-12(9-16(15)25-2)10-20-21-17(22)13-4-6-14(19)7-5-13/h3-11H,1-2H3,(H,21,22)(H,23,24)/b20-10-/t11-/m1/s1. The molecule has 0 saturated heterocycles. The van der Waals surface area contributed by atoms with E-state index in [9.17, 15) is 14.0 Å². The Hall–Kier alpha value is -3.42. The first-order valence-electron chi connectivity index (χ1n) is 7.57. The third kappa shape index (κ3) is 5.04. The molecule has 0 unspecified atom stereocenters. The number of hydrogen-bond acceptors (Lipinski definition) is 5. The van der Waals surface area contributed by atoms with E-state index in [0.29, 0.717) is 11.3 Å². The van der Waals surface area contributed by atoms with Gasteiger partial charge in [-0.3, -0.25) is 4.79 Å². The van der Waals surface area contributed by atoms with E-state index in [1.807, 2.05) is 0 Å². The van der Waals surface area contributed by atoms with Gasteiger partial charge in [-0.15, -0.1) is 0 Å². The molecule has 2 aromatic carbocycles. The van der Waals surface area contributed by atoms with E-state index in [4.69, 9.17) is 14.6 Å². The molecule has 0 aliphatic rings. The second-order valence-electron chi connectivity index (χ2n) is 5.21. The summed E-state index contributed by atoms with van der Waals surface area (Å²) < 4.78 is 23.3. The number of carboxylic acids is 1. The molecule has 2 N–H and O–H groups in total. The monoisotopic (exact) mass is 360 g/mol. The quantitative estimate of drug-likeness (QED) is 0.584. The van der Waals surface area contributed by atoms with Crippen LogP contribution in [0.15, 0.2) is 47.6 Å². The van der Waals surface area contributed by atoms with Crippen LogP contribution in [-0.2, 0) is 4.79 Å². The molecule has 1 atom stereocenters. The van der Waals surface area contributed by atoms with Gasteiger partial charge in [0.1, 0.15) is 5.82 Å². The van der Waals surface area contributed by atoms with Gasteiger partial charge in [0.15, 0.2) is 17.6 Å². The molecule has 136 valence electrons. The number of hydrogen-bond donors (Lipinski definition) is 2. The molecular formula is C18H17FN2O5. The lowest BCUT2D eigenvalue weighted by molar-refractivity contribution is -0.144. The highest BCUT2D eigenvalue weighted by Gasteiger charge is 2.15. The van der Waals surface area contributed by atoms with E-state index in [1.165, 1.54) is 44.5 Å². The summed E-state index contributed by atoms with van der Waals surface area (Å²) in [5, 5.41) is 12.7. The maximum absolute atomic E-state index is 12.8. The normalized spacial score (nSPS) is 11.8. The van der Waals surface area contributed by atoms with E-state index in [-0.39, 0.29) is 11.3 Å². The summed E-state index contributed by atoms with van der Waals surface area (Å²) in [5.41, 5.74) is 3.19. The summed E-state index contributed by atoms with van der Waals surface area (Å²) in [5.74, 6) is -1.41. The molecule has 0 aliphatic carbocycles. The molecule has 0 bridgehead atoms. The van der Waals surface area contributed by atoms with E-state index in [2.05, 4.69) is 10.5 Å². The fourth-order valence-electron chi connectivity index (χ4n) is 1.93. The highest BCUT2D eigenvalue weighted by molar-refractivity contribution is 5.94. The largest absolute Gasteiger partial charge is 0.493 e. The summed E-state index contributed by atoms with van der Waals surface area (Å²) in [6, 6.07) is 9.80. The van der Waals surface area contributed by atoms with Crippen LogP contribution >= 0.6 is 0 Å². The molecule has 1 amide bonds. The molecule has 0 saturated carbocycles. The number of methoxy groups -OCH3 is 1. The maximum atomic E-state index is 12.8. The van der Waals surface area contributed by atoms with Crippen molar-refractivity contribution < 1.29 is 28.6 Å². The van der Waals surface area contributed by atoms with E-state index in [0.717, 1.165) is 0 Å². The highest BCUT2D eigenvalue weighted by Crippen LogP contribution is 2.28. The van der Waals surface area contributed by atoms with Crippen LogP contribution < -0.4 is 14.9 Å². The number of carbonyl (C=O) groups is 2. The number of nitrogens with one attached hydrogen (secondary N) is 1. The van der Waals surface area contributed by atoms with E-state index >= 15 is 0 Å². The molecule has 0 heterocycles. The Labute approximate surface area is 149 Å². The van der Waals surface area contributed by atoms with Crippen molar-refractivity contribution in [3.05, 3.63) is 59.4 Å². The predicted octanol–water partition coefficient (Wildman–Crippen LogP) is 2.45. The Balaban J connectivity index is 2.04. The van der Waals surface area contributed by atoms with Gasteiger partial charge in [-0.1, -0.05) is 0 Å². The Morgan fingerprint density at radius 3 is 2.50 bits per heavy atom. The van der Waals surface area contributed by atoms with Crippen LogP contribution in [0.2, 0.25) is 0 Å². The van der Waals surface area contributed by atoms with Crippen LogP contribution in [0, 0.1) is 5.82 Å². The van der Waals surface area contributed by atoms with Gasteiger partial charge in [-0.2, -0.15) is 5.10 Å². The number of amides is 1. The van der Waals surface area contributed by atoms with Gasteiger partial charge in [0.25, 0.3) is 5.91 Å². The average Bonchev–Trinajstić information content (AvgIpc) is 2.63. The molecule has 0 aliphatic heterocycles. The molecule has 0 radical (unpaired) electrons. The molecule has 26 heavy (non-hydrogen) atoms. The molecule has 7 nitrogen and oxygen atoms in total.